The summed E-state index contributed by atoms with van der Waals surface area (Å²) in [5.41, 5.74) is 0.990. The Morgan fingerprint density at radius 3 is 2.75 bits per heavy atom. The SMILES string of the molecule is CN=C(NCCS(=O)(=O)NCC1CCCCO1)NCc1ccccc1OC.I. The number of rotatable bonds is 9. The maximum Gasteiger partial charge on any atom is 0.213 e. The molecule has 0 amide bonds. The smallest absolute Gasteiger partial charge is 0.213 e. The fraction of sp³-hybridized carbons (Fsp3) is 0.611. The molecule has 1 aliphatic heterocycles. The third kappa shape index (κ3) is 8.93. The van der Waals surface area contributed by atoms with E-state index in [9.17, 15) is 8.42 Å². The molecule has 0 radical (unpaired) electrons. The lowest BCUT2D eigenvalue weighted by atomic mass is 10.1. The number of aliphatic imine (C=N–C) groups is 1. The van der Waals surface area contributed by atoms with Gasteiger partial charge < -0.3 is 20.1 Å². The molecule has 1 aromatic carbocycles. The molecule has 1 unspecified atom stereocenters. The van der Waals surface area contributed by atoms with E-state index in [0.29, 0.717) is 25.7 Å². The van der Waals surface area contributed by atoms with E-state index in [2.05, 4.69) is 20.3 Å². The van der Waals surface area contributed by atoms with Crippen LogP contribution in [0.3, 0.4) is 0 Å². The number of ether oxygens (including phenoxy) is 2. The first-order chi connectivity index (χ1) is 13.0. The first-order valence-corrected chi connectivity index (χ1v) is 10.8. The van der Waals surface area contributed by atoms with Crippen LogP contribution in [-0.4, -0.2) is 60.1 Å². The summed E-state index contributed by atoms with van der Waals surface area (Å²) < 4.78 is 37.7. The highest BCUT2D eigenvalue weighted by Gasteiger charge is 2.17. The second kappa shape index (κ2) is 13.2. The van der Waals surface area contributed by atoms with Gasteiger partial charge in [0, 0.05) is 38.9 Å². The molecular formula is C18H31IN4O4S. The topological polar surface area (TPSA) is 101 Å². The molecule has 0 bridgehead atoms. The lowest BCUT2D eigenvalue weighted by Gasteiger charge is -2.22. The molecule has 2 rings (SSSR count). The van der Waals surface area contributed by atoms with Gasteiger partial charge in [0.05, 0.1) is 19.0 Å². The summed E-state index contributed by atoms with van der Waals surface area (Å²) in [6.07, 6.45) is 3.02. The normalized spacial score (nSPS) is 17.5. The van der Waals surface area contributed by atoms with Gasteiger partial charge in [0.1, 0.15) is 5.75 Å². The highest BCUT2D eigenvalue weighted by Crippen LogP contribution is 2.16. The van der Waals surface area contributed by atoms with Gasteiger partial charge in [0.25, 0.3) is 0 Å². The van der Waals surface area contributed by atoms with Crippen molar-refractivity contribution in [1.29, 1.82) is 0 Å². The summed E-state index contributed by atoms with van der Waals surface area (Å²) in [5, 5.41) is 6.17. The fourth-order valence-electron chi connectivity index (χ4n) is 2.81. The van der Waals surface area contributed by atoms with Gasteiger partial charge >= 0.3 is 0 Å². The summed E-state index contributed by atoms with van der Waals surface area (Å²) in [7, 11) is -0.0872. The molecule has 1 aromatic rings. The van der Waals surface area contributed by atoms with Crippen molar-refractivity contribution in [2.75, 3.05) is 39.6 Å². The highest BCUT2D eigenvalue weighted by atomic mass is 127. The minimum absolute atomic E-state index is 0. The second-order valence-corrected chi connectivity index (χ2v) is 8.25. The van der Waals surface area contributed by atoms with Crippen LogP contribution >= 0.6 is 24.0 Å². The lowest BCUT2D eigenvalue weighted by Crippen LogP contribution is -2.42. The maximum absolute atomic E-state index is 12.1. The Kier molecular flexibility index (Phi) is 11.7. The van der Waals surface area contributed by atoms with E-state index >= 15 is 0 Å². The summed E-state index contributed by atoms with van der Waals surface area (Å²) in [4.78, 5) is 4.12. The van der Waals surface area contributed by atoms with Crippen molar-refractivity contribution < 1.29 is 17.9 Å². The number of hydrogen-bond donors (Lipinski definition) is 3. The van der Waals surface area contributed by atoms with E-state index in [0.717, 1.165) is 30.6 Å². The van der Waals surface area contributed by atoms with Crippen molar-refractivity contribution in [2.24, 2.45) is 4.99 Å². The lowest BCUT2D eigenvalue weighted by molar-refractivity contribution is 0.0200. The zero-order chi connectivity index (χ0) is 19.5. The molecule has 3 N–H and O–H groups in total. The predicted molar refractivity (Wildman–Crippen MR) is 122 cm³/mol. The Hall–Kier alpha value is -1.11. The average molecular weight is 526 g/mol. The molecular weight excluding hydrogens is 495 g/mol. The third-order valence-electron chi connectivity index (χ3n) is 4.33. The molecule has 0 spiro atoms. The Morgan fingerprint density at radius 1 is 1.29 bits per heavy atom. The molecule has 160 valence electrons. The zero-order valence-corrected chi connectivity index (χ0v) is 19.6. The number of halogens is 1. The summed E-state index contributed by atoms with van der Waals surface area (Å²) >= 11 is 0. The molecule has 0 aliphatic carbocycles. The van der Waals surface area contributed by atoms with Gasteiger partial charge in [-0.1, -0.05) is 18.2 Å². The summed E-state index contributed by atoms with van der Waals surface area (Å²) in [6, 6.07) is 7.69. The van der Waals surface area contributed by atoms with Gasteiger partial charge in [-0.25, -0.2) is 13.1 Å². The number of sulfonamides is 1. The average Bonchev–Trinajstić information content (AvgIpc) is 2.70. The van der Waals surface area contributed by atoms with Gasteiger partial charge in [0.15, 0.2) is 5.96 Å². The van der Waals surface area contributed by atoms with Gasteiger partial charge in [-0.3, -0.25) is 4.99 Å². The van der Waals surface area contributed by atoms with Crippen LogP contribution in [-0.2, 0) is 21.3 Å². The van der Waals surface area contributed by atoms with Crippen LogP contribution in [0.2, 0.25) is 0 Å². The van der Waals surface area contributed by atoms with Crippen molar-refractivity contribution in [2.45, 2.75) is 31.9 Å². The Labute approximate surface area is 184 Å². The molecule has 1 atom stereocenters. The van der Waals surface area contributed by atoms with Gasteiger partial charge in [0.2, 0.25) is 10.0 Å². The third-order valence-corrected chi connectivity index (χ3v) is 5.68. The van der Waals surface area contributed by atoms with Crippen LogP contribution in [0.25, 0.3) is 0 Å². The number of nitrogens with one attached hydrogen (secondary N) is 3. The number of para-hydroxylation sites is 1. The van der Waals surface area contributed by atoms with E-state index in [-0.39, 0.29) is 42.4 Å². The van der Waals surface area contributed by atoms with Crippen LogP contribution in [0.15, 0.2) is 29.3 Å². The molecule has 1 saturated heterocycles. The zero-order valence-electron chi connectivity index (χ0n) is 16.4. The van der Waals surface area contributed by atoms with E-state index in [1.165, 1.54) is 0 Å². The molecule has 1 aliphatic rings. The first-order valence-electron chi connectivity index (χ1n) is 9.19. The number of hydrogen-bond acceptors (Lipinski definition) is 5. The molecule has 0 saturated carbocycles. The van der Waals surface area contributed by atoms with Crippen LogP contribution in [0.4, 0.5) is 0 Å². The van der Waals surface area contributed by atoms with E-state index in [1.54, 1.807) is 14.2 Å². The number of guanidine groups is 1. The second-order valence-electron chi connectivity index (χ2n) is 6.32. The first kappa shape index (κ1) is 24.9. The predicted octanol–water partition coefficient (Wildman–Crippen LogP) is 1.47. The molecule has 8 nitrogen and oxygen atoms in total. The number of methoxy groups -OCH3 is 1. The quantitative estimate of drug-likeness (QED) is 0.256. The maximum atomic E-state index is 12.1. The molecule has 1 fully saturated rings. The van der Waals surface area contributed by atoms with Gasteiger partial charge in [-0.05, 0) is 25.3 Å². The Bertz CT molecular complexity index is 709. The van der Waals surface area contributed by atoms with Crippen molar-refractivity contribution in [3.63, 3.8) is 0 Å². The standard InChI is InChI=1S/C18H30N4O4S.HI/c1-19-18(21-13-15-7-3-4-9-17(15)25-2)20-10-12-27(23,24)22-14-16-8-5-6-11-26-16;/h3-4,7,9,16,22H,5-6,8,10-14H2,1-2H3,(H2,19,20,21);1H. The van der Waals surface area contributed by atoms with Crippen molar-refractivity contribution >= 4 is 40.0 Å². The van der Waals surface area contributed by atoms with Crippen LogP contribution in [0, 0.1) is 0 Å². The molecule has 0 aromatic heterocycles. The van der Waals surface area contributed by atoms with Crippen LogP contribution in [0.5, 0.6) is 5.75 Å². The van der Waals surface area contributed by atoms with E-state index in [4.69, 9.17) is 9.47 Å². The van der Waals surface area contributed by atoms with Gasteiger partial charge in [-0.15, -0.1) is 24.0 Å². The van der Waals surface area contributed by atoms with Crippen molar-refractivity contribution in [1.82, 2.24) is 15.4 Å². The van der Waals surface area contributed by atoms with Crippen LogP contribution < -0.4 is 20.1 Å². The Morgan fingerprint density at radius 2 is 2.07 bits per heavy atom. The molecule has 10 heteroatoms. The molecule has 1 heterocycles. The highest BCUT2D eigenvalue weighted by molar-refractivity contribution is 14.0. The number of benzene rings is 1. The van der Waals surface area contributed by atoms with Crippen LogP contribution in [0.1, 0.15) is 24.8 Å². The van der Waals surface area contributed by atoms with E-state index < -0.39 is 10.0 Å². The summed E-state index contributed by atoms with van der Waals surface area (Å²) in [6.45, 7) is 1.82. The minimum Gasteiger partial charge on any atom is -0.496 e. The monoisotopic (exact) mass is 526 g/mol. The number of nitrogens with zero attached hydrogens (tertiary/aromatic N) is 1. The van der Waals surface area contributed by atoms with Crippen molar-refractivity contribution in [3.05, 3.63) is 29.8 Å². The Balaban J connectivity index is 0.00000392. The van der Waals surface area contributed by atoms with Gasteiger partial charge in [-0.2, -0.15) is 0 Å². The van der Waals surface area contributed by atoms with Crippen molar-refractivity contribution in [3.8, 4) is 5.75 Å². The van der Waals surface area contributed by atoms with E-state index in [1.807, 2.05) is 24.3 Å². The summed E-state index contributed by atoms with van der Waals surface area (Å²) in [5.74, 6) is 1.29. The molecule has 28 heavy (non-hydrogen) atoms. The minimum atomic E-state index is -3.36. The fourth-order valence-corrected chi connectivity index (χ4v) is 3.77. The largest absolute Gasteiger partial charge is 0.496 e.